The third kappa shape index (κ3) is 6.49. The van der Waals surface area contributed by atoms with Crippen LogP contribution >= 0.6 is 0 Å². The average molecular weight is 293 g/mol. The Morgan fingerprint density at radius 1 is 1.33 bits per heavy atom. The lowest BCUT2D eigenvalue weighted by atomic mass is 10.2. The van der Waals surface area contributed by atoms with E-state index in [1.54, 1.807) is 25.3 Å². The van der Waals surface area contributed by atoms with Gasteiger partial charge in [-0.15, -0.1) is 0 Å². The van der Waals surface area contributed by atoms with Gasteiger partial charge in [0.25, 0.3) is 0 Å². The van der Waals surface area contributed by atoms with Crippen molar-refractivity contribution in [2.24, 2.45) is 0 Å². The summed E-state index contributed by atoms with van der Waals surface area (Å²) in [5.74, 6) is 0.588. The molecule has 0 heterocycles. The zero-order valence-electron chi connectivity index (χ0n) is 13.3. The Bertz CT molecular complexity index is 449. The molecule has 0 aliphatic rings. The molecule has 0 atom stereocenters. The number of nitrogens with two attached hydrogens (primary N) is 1. The zero-order chi connectivity index (χ0) is 15.7. The number of hydrogen-bond donors (Lipinski definition) is 2. The minimum Gasteiger partial charge on any atom is -0.494 e. The van der Waals surface area contributed by atoms with E-state index in [1.807, 2.05) is 0 Å². The second-order valence-corrected chi connectivity index (χ2v) is 5.27. The Kier molecular flexibility index (Phi) is 7.61. The van der Waals surface area contributed by atoms with Crippen LogP contribution in [0.2, 0.25) is 0 Å². The molecule has 21 heavy (non-hydrogen) atoms. The molecule has 1 aromatic rings. The molecule has 0 aliphatic carbocycles. The molecule has 1 rings (SSSR count). The van der Waals surface area contributed by atoms with Gasteiger partial charge in [-0.25, -0.2) is 0 Å². The normalized spacial score (nSPS) is 10.7. The number of carbonyl (C=O) groups excluding carboxylic acids is 1. The van der Waals surface area contributed by atoms with E-state index in [9.17, 15) is 4.79 Å². The lowest BCUT2D eigenvalue weighted by Crippen LogP contribution is -2.22. The van der Waals surface area contributed by atoms with Crippen molar-refractivity contribution in [2.75, 3.05) is 38.3 Å². The van der Waals surface area contributed by atoms with Crippen LogP contribution in [0, 0.1) is 0 Å². The number of amides is 1. The summed E-state index contributed by atoms with van der Waals surface area (Å²) >= 11 is 0. The van der Waals surface area contributed by atoms with Crippen LogP contribution in [0.4, 0.5) is 11.4 Å². The standard InChI is InChI=1S/C16H27N3O2/c1-4-5-10-19(2)11-6-7-16(20)18-14-9-8-13(17)12-15(14)21-3/h8-9,12H,4-7,10-11,17H2,1-3H3,(H,18,20). The maximum absolute atomic E-state index is 11.9. The molecule has 0 aromatic heterocycles. The topological polar surface area (TPSA) is 67.6 Å². The van der Waals surface area contributed by atoms with E-state index in [0.29, 0.717) is 23.5 Å². The van der Waals surface area contributed by atoms with E-state index in [-0.39, 0.29) is 5.91 Å². The number of nitrogens with zero attached hydrogens (tertiary/aromatic N) is 1. The summed E-state index contributed by atoms with van der Waals surface area (Å²) < 4.78 is 5.21. The monoisotopic (exact) mass is 293 g/mol. The third-order valence-electron chi connectivity index (χ3n) is 3.34. The van der Waals surface area contributed by atoms with Gasteiger partial charge in [-0.1, -0.05) is 13.3 Å². The van der Waals surface area contributed by atoms with Crippen molar-refractivity contribution in [3.05, 3.63) is 18.2 Å². The quantitative estimate of drug-likeness (QED) is 0.687. The second-order valence-electron chi connectivity index (χ2n) is 5.27. The Balaban J connectivity index is 2.37. The molecular weight excluding hydrogens is 266 g/mol. The minimum absolute atomic E-state index is 0.00182. The maximum atomic E-state index is 11.9. The number of ether oxygens (including phenoxy) is 1. The first kappa shape index (κ1) is 17.3. The number of benzene rings is 1. The Morgan fingerprint density at radius 2 is 2.05 bits per heavy atom. The number of nitrogen functional groups attached to an aromatic ring is 1. The van der Waals surface area contributed by atoms with Gasteiger partial charge >= 0.3 is 0 Å². The first-order chi connectivity index (χ1) is 10.1. The fourth-order valence-corrected chi connectivity index (χ4v) is 2.07. The van der Waals surface area contributed by atoms with Crippen LogP contribution in [-0.2, 0) is 4.79 Å². The lowest BCUT2D eigenvalue weighted by Gasteiger charge is -2.16. The summed E-state index contributed by atoms with van der Waals surface area (Å²) in [6, 6.07) is 5.21. The molecule has 0 saturated carbocycles. The van der Waals surface area contributed by atoms with Crippen molar-refractivity contribution in [2.45, 2.75) is 32.6 Å². The largest absolute Gasteiger partial charge is 0.494 e. The third-order valence-corrected chi connectivity index (χ3v) is 3.34. The smallest absolute Gasteiger partial charge is 0.224 e. The highest BCUT2D eigenvalue weighted by Gasteiger charge is 2.08. The van der Waals surface area contributed by atoms with Crippen molar-refractivity contribution < 1.29 is 9.53 Å². The highest BCUT2D eigenvalue weighted by molar-refractivity contribution is 5.92. The van der Waals surface area contributed by atoms with Crippen LogP contribution in [0.1, 0.15) is 32.6 Å². The number of methoxy groups -OCH3 is 1. The summed E-state index contributed by atoms with van der Waals surface area (Å²) in [5.41, 5.74) is 6.97. The Hall–Kier alpha value is -1.75. The number of carbonyl (C=O) groups is 1. The van der Waals surface area contributed by atoms with Crippen LogP contribution in [0.5, 0.6) is 5.75 Å². The molecule has 1 aromatic carbocycles. The van der Waals surface area contributed by atoms with Crippen LogP contribution in [0.3, 0.4) is 0 Å². The molecule has 0 saturated heterocycles. The number of hydrogen-bond acceptors (Lipinski definition) is 4. The molecule has 0 radical (unpaired) electrons. The lowest BCUT2D eigenvalue weighted by molar-refractivity contribution is -0.116. The molecule has 0 fully saturated rings. The van der Waals surface area contributed by atoms with Gasteiger partial charge < -0.3 is 20.7 Å². The van der Waals surface area contributed by atoms with Gasteiger partial charge in [-0.3, -0.25) is 4.79 Å². The molecule has 0 unspecified atom stereocenters. The summed E-state index contributed by atoms with van der Waals surface area (Å²) in [6.07, 6.45) is 3.75. The second kappa shape index (κ2) is 9.23. The fourth-order valence-electron chi connectivity index (χ4n) is 2.07. The summed E-state index contributed by atoms with van der Waals surface area (Å²) in [7, 11) is 3.66. The first-order valence-electron chi connectivity index (χ1n) is 7.48. The van der Waals surface area contributed by atoms with E-state index in [2.05, 4.69) is 24.2 Å². The van der Waals surface area contributed by atoms with Gasteiger partial charge in [-0.2, -0.15) is 0 Å². The van der Waals surface area contributed by atoms with Crippen LogP contribution < -0.4 is 15.8 Å². The molecule has 3 N–H and O–H groups in total. The fraction of sp³-hybridized carbons (Fsp3) is 0.562. The van der Waals surface area contributed by atoms with Gasteiger partial charge in [0.05, 0.1) is 12.8 Å². The zero-order valence-corrected chi connectivity index (χ0v) is 13.3. The minimum atomic E-state index is 0.00182. The number of nitrogens with one attached hydrogen (secondary N) is 1. The highest BCUT2D eigenvalue weighted by Crippen LogP contribution is 2.26. The van der Waals surface area contributed by atoms with Gasteiger partial charge in [0, 0.05) is 18.2 Å². The highest BCUT2D eigenvalue weighted by atomic mass is 16.5. The maximum Gasteiger partial charge on any atom is 0.224 e. The molecule has 5 nitrogen and oxygen atoms in total. The summed E-state index contributed by atoms with van der Waals surface area (Å²) in [4.78, 5) is 14.2. The Labute approximate surface area is 127 Å². The van der Waals surface area contributed by atoms with Crippen LogP contribution in [-0.4, -0.2) is 38.1 Å². The first-order valence-corrected chi connectivity index (χ1v) is 7.48. The molecule has 0 spiro atoms. The van der Waals surface area contributed by atoms with Gasteiger partial charge in [0.15, 0.2) is 0 Å². The van der Waals surface area contributed by atoms with E-state index in [4.69, 9.17) is 10.5 Å². The van der Waals surface area contributed by atoms with Gasteiger partial charge in [0.1, 0.15) is 5.75 Å². The summed E-state index contributed by atoms with van der Waals surface area (Å²) in [6.45, 7) is 4.21. The van der Waals surface area contributed by atoms with Crippen molar-refractivity contribution in [3.63, 3.8) is 0 Å². The Morgan fingerprint density at radius 3 is 2.71 bits per heavy atom. The molecule has 0 bridgehead atoms. The van der Waals surface area contributed by atoms with E-state index in [1.165, 1.54) is 12.8 Å². The van der Waals surface area contributed by atoms with Crippen LogP contribution in [0.15, 0.2) is 18.2 Å². The van der Waals surface area contributed by atoms with Crippen molar-refractivity contribution in [1.82, 2.24) is 4.90 Å². The summed E-state index contributed by atoms with van der Waals surface area (Å²) in [5, 5.41) is 2.87. The van der Waals surface area contributed by atoms with Crippen molar-refractivity contribution in [1.29, 1.82) is 0 Å². The number of unbranched alkanes of at least 4 members (excludes halogenated alkanes) is 1. The van der Waals surface area contributed by atoms with Crippen molar-refractivity contribution >= 4 is 17.3 Å². The van der Waals surface area contributed by atoms with Gasteiger partial charge in [-0.05, 0) is 45.1 Å². The average Bonchev–Trinajstić information content (AvgIpc) is 2.46. The van der Waals surface area contributed by atoms with E-state index in [0.717, 1.165) is 19.5 Å². The molecule has 5 heteroatoms. The molecule has 118 valence electrons. The van der Waals surface area contributed by atoms with Crippen molar-refractivity contribution in [3.8, 4) is 5.75 Å². The predicted molar refractivity (Wildman–Crippen MR) is 87.7 cm³/mol. The molecule has 1 amide bonds. The SMILES string of the molecule is CCCCN(C)CCCC(=O)Nc1ccc(N)cc1OC. The molecule has 0 aliphatic heterocycles. The van der Waals surface area contributed by atoms with E-state index < -0.39 is 0 Å². The van der Waals surface area contributed by atoms with Gasteiger partial charge in [0.2, 0.25) is 5.91 Å². The molecular formula is C16H27N3O2. The van der Waals surface area contributed by atoms with E-state index >= 15 is 0 Å². The number of anilines is 2. The number of rotatable bonds is 9. The predicted octanol–water partition coefficient (Wildman–Crippen LogP) is 2.73. The van der Waals surface area contributed by atoms with Crippen LogP contribution in [0.25, 0.3) is 0 Å².